The van der Waals surface area contributed by atoms with E-state index in [1.807, 2.05) is 0 Å². The smallest absolute Gasteiger partial charge is 0.0702 e. The van der Waals surface area contributed by atoms with Crippen molar-refractivity contribution in [3.05, 3.63) is 0 Å². The summed E-state index contributed by atoms with van der Waals surface area (Å²) < 4.78 is 5.86. The summed E-state index contributed by atoms with van der Waals surface area (Å²) >= 11 is 0. The van der Waals surface area contributed by atoms with Crippen LogP contribution in [0, 0.1) is 0 Å². The molecule has 102 valence electrons. The molecular formula is C14H30N2O. The van der Waals surface area contributed by atoms with Gasteiger partial charge in [0.1, 0.15) is 0 Å². The molecular weight excluding hydrogens is 212 g/mol. The van der Waals surface area contributed by atoms with E-state index in [2.05, 4.69) is 31.0 Å². The molecule has 0 aromatic heterocycles. The predicted octanol–water partition coefficient (Wildman–Crippen LogP) is 2.27. The zero-order valence-electron chi connectivity index (χ0n) is 11.9. The van der Waals surface area contributed by atoms with Crippen molar-refractivity contribution in [3.8, 4) is 0 Å². The first-order valence-electron chi connectivity index (χ1n) is 7.33. The third-order valence-electron chi connectivity index (χ3n) is 3.29. The summed E-state index contributed by atoms with van der Waals surface area (Å²) in [5, 5.41) is 3.56. The molecule has 1 aliphatic heterocycles. The van der Waals surface area contributed by atoms with Gasteiger partial charge in [0.2, 0.25) is 0 Å². The van der Waals surface area contributed by atoms with Gasteiger partial charge in [-0.15, -0.1) is 0 Å². The summed E-state index contributed by atoms with van der Waals surface area (Å²) in [6, 6.07) is 0.597. The van der Waals surface area contributed by atoms with Gasteiger partial charge in [-0.05, 0) is 45.7 Å². The summed E-state index contributed by atoms with van der Waals surface area (Å²) in [7, 11) is 0. The van der Waals surface area contributed by atoms with Gasteiger partial charge in [0.15, 0.2) is 0 Å². The van der Waals surface area contributed by atoms with Crippen molar-refractivity contribution in [2.24, 2.45) is 0 Å². The molecule has 1 saturated heterocycles. The Morgan fingerprint density at radius 1 is 1.35 bits per heavy atom. The van der Waals surface area contributed by atoms with Gasteiger partial charge in [0.25, 0.3) is 0 Å². The van der Waals surface area contributed by atoms with Gasteiger partial charge in [0.05, 0.1) is 6.10 Å². The van der Waals surface area contributed by atoms with Crippen molar-refractivity contribution in [2.75, 3.05) is 32.8 Å². The molecule has 1 heterocycles. The Bertz CT molecular complexity index is 185. The zero-order valence-corrected chi connectivity index (χ0v) is 11.9. The molecule has 1 fully saturated rings. The van der Waals surface area contributed by atoms with Crippen LogP contribution in [0.4, 0.5) is 0 Å². The average Bonchev–Trinajstić information content (AvgIpc) is 2.34. The molecule has 17 heavy (non-hydrogen) atoms. The topological polar surface area (TPSA) is 24.5 Å². The molecule has 1 N–H and O–H groups in total. The quantitative estimate of drug-likeness (QED) is 0.706. The highest BCUT2D eigenvalue weighted by molar-refractivity contribution is 4.76. The van der Waals surface area contributed by atoms with Crippen molar-refractivity contribution in [2.45, 2.75) is 58.6 Å². The molecule has 3 nitrogen and oxygen atoms in total. The largest absolute Gasteiger partial charge is 0.377 e. The maximum atomic E-state index is 5.86. The van der Waals surface area contributed by atoms with E-state index < -0.39 is 0 Å². The third-order valence-corrected chi connectivity index (χ3v) is 3.29. The number of nitrogens with zero attached hydrogens (tertiary/aromatic N) is 1. The second-order valence-corrected chi connectivity index (χ2v) is 5.25. The molecule has 0 bridgehead atoms. The van der Waals surface area contributed by atoms with Gasteiger partial charge in [-0.2, -0.15) is 0 Å². The Labute approximate surface area is 107 Å². The van der Waals surface area contributed by atoms with Crippen LogP contribution in [0.1, 0.15) is 46.5 Å². The van der Waals surface area contributed by atoms with Crippen molar-refractivity contribution in [1.82, 2.24) is 10.2 Å². The average molecular weight is 242 g/mol. The van der Waals surface area contributed by atoms with E-state index in [0.29, 0.717) is 12.1 Å². The maximum Gasteiger partial charge on any atom is 0.0702 e. The minimum absolute atomic E-state index is 0.474. The minimum Gasteiger partial charge on any atom is -0.377 e. The van der Waals surface area contributed by atoms with Crippen LogP contribution >= 0.6 is 0 Å². The molecule has 2 atom stereocenters. The third kappa shape index (κ3) is 6.39. The van der Waals surface area contributed by atoms with Crippen LogP contribution < -0.4 is 5.32 Å². The highest BCUT2D eigenvalue weighted by Crippen LogP contribution is 2.13. The zero-order chi connectivity index (χ0) is 12.5. The van der Waals surface area contributed by atoms with E-state index in [1.165, 1.54) is 25.8 Å². The number of likely N-dealkylation sites (tertiary alicyclic amines) is 1. The highest BCUT2D eigenvalue weighted by atomic mass is 16.5. The fraction of sp³-hybridized carbons (Fsp3) is 1.00. The number of ether oxygens (including phenoxy) is 1. The van der Waals surface area contributed by atoms with Gasteiger partial charge >= 0.3 is 0 Å². The van der Waals surface area contributed by atoms with E-state index in [4.69, 9.17) is 4.74 Å². The van der Waals surface area contributed by atoms with Gasteiger partial charge in [-0.1, -0.05) is 13.8 Å². The van der Waals surface area contributed by atoms with E-state index >= 15 is 0 Å². The first kappa shape index (κ1) is 14.9. The molecule has 0 radical (unpaired) electrons. The number of piperidine rings is 1. The lowest BCUT2D eigenvalue weighted by atomic mass is 10.1. The van der Waals surface area contributed by atoms with E-state index in [-0.39, 0.29) is 0 Å². The fourth-order valence-corrected chi connectivity index (χ4v) is 2.44. The highest BCUT2D eigenvalue weighted by Gasteiger charge is 2.21. The van der Waals surface area contributed by atoms with Gasteiger partial charge in [-0.3, -0.25) is 4.90 Å². The van der Waals surface area contributed by atoms with Gasteiger partial charge in [0, 0.05) is 25.7 Å². The maximum absolute atomic E-state index is 5.86. The Kier molecular flexibility index (Phi) is 7.82. The summed E-state index contributed by atoms with van der Waals surface area (Å²) in [6.45, 7) is 12.2. The predicted molar refractivity (Wildman–Crippen MR) is 73.5 cm³/mol. The van der Waals surface area contributed by atoms with Crippen molar-refractivity contribution in [1.29, 1.82) is 0 Å². The Morgan fingerprint density at radius 3 is 2.88 bits per heavy atom. The Balaban J connectivity index is 2.19. The lowest BCUT2D eigenvalue weighted by molar-refractivity contribution is -0.00176. The molecule has 0 aromatic rings. The Hall–Kier alpha value is -0.120. The van der Waals surface area contributed by atoms with E-state index in [9.17, 15) is 0 Å². The number of rotatable bonds is 8. The summed E-state index contributed by atoms with van der Waals surface area (Å²) in [4.78, 5) is 2.55. The molecule has 1 aliphatic rings. The van der Waals surface area contributed by atoms with Gasteiger partial charge < -0.3 is 10.1 Å². The summed E-state index contributed by atoms with van der Waals surface area (Å²) in [6.07, 6.45) is 5.35. The molecule has 0 aliphatic carbocycles. The van der Waals surface area contributed by atoms with E-state index in [0.717, 1.165) is 32.7 Å². The standard InChI is InChI=1S/C14H30N2O/c1-4-8-15-13(3)11-16-9-6-7-14(12-16)17-10-5-2/h13-15H,4-12H2,1-3H3. The number of nitrogens with one attached hydrogen (secondary N) is 1. The molecule has 2 unspecified atom stereocenters. The fourth-order valence-electron chi connectivity index (χ4n) is 2.44. The minimum atomic E-state index is 0.474. The molecule has 0 saturated carbocycles. The van der Waals surface area contributed by atoms with Crippen molar-refractivity contribution in [3.63, 3.8) is 0 Å². The van der Waals surface area contributed by atoms with Crippen molar-refractivity contribution < 1.29 is 4.74 Å². The van der Waals surface area contributed by atoms with Crippen LogP contribution in [0.2, 0.25) is 0 Å². The van der Waals surface area contributed by atoms with Crippen LogP contribution in [0.3, 0.4) is 0 Å². The lowest BCUT2D eigenvalue weighted by Crippen LogP contribution is -2.46. The molecule has 3 heteroatoms. The SMILES string of the molecule is CCCNC(C)CN1CCCC(OCCC)C1. The first-order chi connectivity index (χ1) is 8.26. The molecule has 0 aromatic carbocycles. The summed E-state index contributed by atoms with van der Waals surface area (Å²) in [5.74, 6) is 0. The van der Waals surface area contributed by atoms with Crippen molar-refractivity contribution >= 4 is 0 Å². The normalized spacial score (nSPS) is 23.8. The van der Waals surface area contributed by atoms with Crippen LogP contribution in [0.25, 0.3) is 0 Å². The second-order valence-electron chi connectivity index (χ2n) is 5.25. The molecule has 0 spiro atoms. The molecule has 1 rings (SSSR count). The van der Waals surface area contributed by atoms with Crippen LogP contribution in [-0.4, -0.2) is 49.8 Å². The Morgan fingerprint density at radius 2 is 2.18 bits per heavy atom. The van der Waals surface area contributed by atoms with Crippen LogP contribution in [0.15, 0.2) is 0 Å². The van der Waals surface area contributed by atoms with Crippen LogP contribution in [0.5, 0.6) is 0 Å². The van der Waals surface area contributed by atoms with E-state index in [1.54, 1.807) is 0 Å². The number of hydrogen-bond donors (Lipinski definition) is 1. The van der Waals surface area contributed by atoms with Crippen LogP contribution in [-0.2, 0) is 4.74 Å². The van der Waals surface area contributed by atoms with Gasteiger partial charge in [-0.25, -0.2) is 0 Å². The monoisotopic (exact) mass is 242 g/mol. The summed E-state index contributed by atoms with van der Waals surface area (Å²) in [5.41, 5.74) is 0. The lowest BCUT2D eigenvalue weighted by Gasteiger charge is -2.34. The second kappa shape index (κ2) is 8.90. The number of hydrogen-bond acceptors (Lipinski definition) is 3. The first-order valence-corrected chi connectivity index (χ1v) is 7.33. The molecule has 0 amide bonds.